The molecule has 8 heteroatoms. The topological polar surface area (TPSA) is 75.6 Å². The molecule has 2 rings (SSSR count). The van der Waals surface area contributed by atoms with Gasteiger partial charge in [-0.25, -0.2) is 4.98 Å². The molecule has 0 saturated heterocycles. The van der Waals surface area contributed by atoms with E-state index in [0.717, 1.165) is 43.2 Å². The molecule has 1 aliphatic rings. The van der Waals surface area contributed by atoms with Crippen molar-refractivity contribution < 1.29 is 9.53 Å². The SMILES string of the molecule is CN=C(NCCCC(=O)OC1CCCC1)NCCc1ncc(C)s1.I. The molecule has 142 valence electrons. The number of ether oxygens (including phenoxy) is 1. The summed E-state index contributed by atoms with van der Waals surface area (Å²) in [4.78, 5) is 21.5. The predicted molar refractivity (Wildman–Crippen MR) is 113 cm³/mol. The van der Waals surface area contributed by atoms with Crippen molar-refractivity contribution in [2.24, 2.45) is 4.99 Å². The molecule has 6 nitrogen and oxygen atoms in total. The van der Waals surface area contributed by atoms with Crippen LogP contribution >= 0.6 is 35.3 Å². The predicted octanol–water partition coefficient (Wildman–Crippen LogP) is 3.04. The lowest BCUT2D eigenvalue weighted by atomic mass is 10.3. The summed E-state index contributed by atoms with van der Waals surface area (Å²) >= 11 is 1.72. The summed E-state index contributed by atoms with van der Waals surface area (Å²) in [7, 11) is 1.75. The van der Waals surface area contributed by atoms with Crippen molar-refractivity contribution in [3.63, 3.8) is 0 Å². The van der Waals surface area contributed by atoms with Gasteiger partial charge in [0.2, 0.25) is 0 Å². The molecule has 0 bridgehead atoms. The Labute approximate surface area is 171 Å². The average Bonchev–Trinajstić information content (AvgIpc) is 3.21. The molecule has 1 fully saturated rings. The van der Waals surface area contributed by atoms with Gasteiger partial charge in [0.25, 0.3) is 0 Å². The van der Waals surface area contributed by atoms with Crippen LogP contribution in [0.2, 0.25) is 0 Å². The molecule has 1 aromatic heterocycles. The van der Waals surface area contributed by atoms with Crippen LogP contribution in [0, 0.1) is 6.92 Å². The van der Waals surface area contributed by atoms with Gasteiger partial charge in [-0.15, -0.1) is 35.3 Å². The van der Waals surface area contributed by atoms with Crippen LogP contribution in [0.1, 0.15) is 48.4 Å². The van der Waals surface area contributed by atoms with E-state index in [0.29, 0.717) is 13.0 Å². The van der Waals surface area contributed by atoms with Crippen molar-refractivity contribution in [1.29, 1.82) is 0 Å². The van der Waals surface area contributed by atoms with Gasteiger partial charge in [-0.3, -0.25) is 9.79 Å². The maximum Gasteiger partial charge on any atom is 0.306 e. The molecule has 25 heavy (non-hydrogen) atoms. The van der Waals surface area contributed by atoms with Crippen LogP contribution in [0.15, 0.2) is 11.2 Å². The number of aromatic nitrogens is 1. The molecule has 1 aromatic rings. The first-order valence-corrected chi connectivity index (χ1v) is 9.54. The smallest absolute Gasteiger partial charge is 0.306 e. The Balaban J connectivity index is 0.00000312. The number of nitrogens with one attached hydrogen (secondary N) is 2. The highest BCUT2D eigenvalue weighted by Gasteiger charge is 2.18. The number of nitrogens with zero attached hydrogens (tertiary/aromatic N) is 2. The highest BCUT2D eigenvalue weighted by Crippen LogP contribution is 2.21. The van der Waals surface area contributed by atoms with E-state index in [2.05, 4.69) is 27.5 Å². The number of hydrogen-bond acceptors (Lipinski definition) is 5. The van der Waals surface area contributed by atoms with E-state index in [1.807, 2.05) is 6.20 Å². The van der Waals surface area contributed by atoms with Crippen LogP contribution in [-0.2, 0) is 16.0 Å². The summed E-state index contributed by atoms with van der Waals surface area (Å²) in [6, 6.07) is 0. The van der Waals surface area contributed by atoms with Crippen molar-refractivity contribution in [3.05, 3.63) is 16.1 Å². The van der Waals surface area contributed by atoms with Gasteiger partial charge in [-0.2, -0.15) is 0 Å². The second-order valence-corrected chi connectivity index (χ2v) is 7.36. The lowest BCUT2D eigenvalue weighted by molar-refractivity contribution is -0.148. The van der Waals surface area contributed by atoms with Crippen LogP contribution < -0.4 is 10.6 Å². The molecule has 2 N–H and O–H groups in total. The van der Waals surface area contributed by atoms with Gasteiger partial charge in [0.15, 0.2) is 5.96 Å². The normalized spacial score (nSPS) is 14.9. The van der Waals surface area contributed by atoms with E-state index in [4.69, 9.17) is 4.74 Å². The van der Waals surface area contributed by atoms with Gasteiger partial charge < -0.3 is 15.4 Å². The maximum atomic E-state index is 11.7. The fraction of sp³-hybridized carbons (Fsp3) is 0.706. The number of rotatable bonds is 8. The summed E-state index contributed by atoms with van der Waals surface area (Å²) in [6.45, 7) is 3.55. The van der Waals surface area contributed by atoms with Crippen LogP contribution in [-0.4, -0.2) is 43.2 Å². The Bertz CT molecular complexity index is 545. The molecule has 0 unspecified atom stereocenters. The van der Waals surface area contributed by atoms with E-state index >= 15 is 0 Å². The second-order valence-electron chi connectivity index (χ2n) is 6.04. The Hall–Kier alpha value is -0.900. The second kappa shape index (κ2) is 12.5. The van der Waals surface area contributed by atoms with E-state index in [9.17, 15) is 4.79 Å². The third-order valence-corrected chi connectivity index (χ3v) is 4.95. The van der Waals surface area contributed by atoms with Crippen LogP contribution in [0.4, 0.5) is 0 Å². The van der Waals surface area contributed by atoms with E-state index in [-0.39, 0.29) is 36.0 Å². The van der Waals surface area contributed by atoms with Gasteiger partial charge in [0.1, 0.15) is 6.10 Å². The number of esters is 1. The van der Waals surface area contributed by atoms with Crippen LogP contribution in [0.5, 0.6) is 0 Å². The van der Waals surface area contributed by atoms with Crippen LogP contribution in [0.25, 0.3) is 0 Å². The monoisotopic (exact) mass is 480 g/mol. The van der Waals surface area contributed by atoms with E-state index in [1.54, 1.807) is 18.4 Å². The molecular formula is C17H29IN4O2S. The summed E-state index contributed by atoms with van der Waals surface area (Å²) in [6.07, 6.45) is 8.57. The Morgan fingerprint density at radius 3 is 2.72 bits per heavy atom. The van der Waals surface area contributed by atoms with Gasteiger partial charge in [-0.1, -0.05) is 0 Å². The summed E-state index contributed by atoms with van der Waals surface area (Å²) < 4.78 is 5.44. The molecule has 0 amide bonds. The quantitative estimate of drug-likeness (QED) is 0.197. The molecule has 0 spiro atoms. The number of thiazole rings is 1. The maximum absolute atomic E-state index is 11.7. The largest absolute Gasteiger partial charge is 0.462 e. The number of hydrogen-bond donors (Lipinski definition) is 2. The Morgan fingerprint density at radius 2 is 2.08 bits per heavy atom. The highest BCUT2D eigenvalue weighted by molar-refractivity contribution is 14.0. The number of aliphatic imine (C=N–C) groups is 1. The molecule has 0 atom stereocenters. The number of halogens is 1. The molecule has 0 radical (unpaired) electrons. The van der Waals surface area contributed by atoms with E-state index in [1.165, 1.54) is 17.7 Å². The lowest BCUT2D eigenvalue weighted by Crippen LogP contribution is -2.38. The van der Waals surface area contributed by atoms with Crippen molar-refractivity contribution in [2.45, 2.75) is 58.0 Å². The van der Waals surface area contributed by atoms with Crippen molar-refractivity contribution >= 4 is 47.2 Å². The Kier molecular flexibility index (Phi) is 11.0. The molecule has 0 aromatic carbocycles. The number of carbonyl (C=O) groups is 1. The fourth-order valence-electron chi connectivity index (χ4n) is 2.72. The summed E-state index contributed by atoms with van der Waals surface area (Å²) in [5.74, 6) is 0.679. The number of aryl methyl sites for hydroxylation is 1. The molecule has 1 saturated carbocycles. The van der Waals surface area contributed by atoms with E-state index < -0.39 is 0 Å². The first-order chi connectivity index (χ1) is 11.7. The minimum atomic E-state index is -0.0780. The minimum absolute atomic E-state index is 0. The molecule has 1 aliphatic carbocycles. The first-order valence-electron chi connectivity index (χ1n) is 8.72. The van der Waals surface area contributed by atoms with Gasteiger partial charge in [0, 0.05) is 44.1 Å². The standard InChI is InChI=1S/C17H28N4O2S.HI/c1-13-12-21-15(24-13)9-11-20-17(18-2)19-10-5-8-16(22)23-14-6-3-4-7-14;/h12,14H,3-11H2,1-2H3,(H2,18,19,20);1H. The van der Waals surface area contributed by atoms with Gasteiger partial charge in [0.05, 0.1) is 5.01 Å². The first kappa shape index (κ1) is 22.1. The van der Waals surface area contributed by atoms with Gasteiger partial charge >= 0.3 is 5.97 Å². The highest BCUT2D eigenvalue weighted by atomic mass is 127. The van der Waals surface area contributed by atoms with Crippen molar-refractivity contribution in [1.82, 2.24) is 15.6 Å². The zero-order chi connectivity index (χ0) is 17.2. The molecule has 0 aliphatic heterocycles. The third-order valence-electron chi connectivity index (χ3n) is 3.97. The number of guanidine groups is 1. The summed E-state index contributed by atoms with van der Waals surface area (Å²) in [5.41, 5.74) is 0. The molecule has 1 heterocycles. The third kappa shape index (κ3) is 8.84. The van der Waals surface area contributed by atoms with Crippen LogP contribution in [0.3, 0.4) is 0 Å². The number of carbonyl (C=O) groups excluding carboxylic acids is 1. The zero-order valence-electron chi connectivity index (χ0n) is 15.0. The average molecular weight is 480 g/mol. The van der Waals surface area contributed by atoms with Crippen molar-refractivity contribution in [3.8, 4) is 0 Å². The zero-order valence-corrected chi connectivity index (χ0v) is 18.2. The summed E-state index contributed by atoms with van der Waals surface area (Å²) in [5, 5.41) is 7.62. The Morgan fingerprint density at radius 1 is 1.36 bits per heavy atom. The fourth-order valence-corrected chi connectivity index (χ4v) is 3.50. The minimum Gasteiger partial charge on any atom is -0.462 e. The molecular weight excluding hydrogens is 451 g/mol. The lowest BCUT2D eigenvalue weighted by Gasteiger charge is -2.13. The van der Waals surface area contributed by atoms with Crippen molar-refractivity contribution in [2.75, 3.05) is 20.1 Å². The van der Waals surface area contributed by atoms with Gasteiger partial charge in [-0.05, 0) is 39.0 Å².